The Morgan fingerprint density at radius 3 is 2.58 bits per heavy atom. The van der Waals surface area contributed by atoms with E-state index in [9.17, 15) is 0 Å². The zero-order valence-corrected chi connectivity index (χ0v) is 26.7. The summed E-state index contributed by atoms with van der Waals surface area (Å²) in [5, 5.41) is 12.8. The van der Waals surface area contributed by atoms with Gasteiger partial charge >= 0.3 is 0 Å². The second-order valence-corrected chi connectivity index (χ2v) is 13.5. The molecule has 2 aromatic carbocycles. The summed E-state index contributed by atoms with van der Waals surface area (Å²) in [5.41, 5.74) is 9.16. The molecule has 2 N–H and O–H groups in total. The summed E-state index contributed by atoms with van der Waals surface area (Å²) in [6, 6.07) is 8.69. The van der Waals surface area contributed by atoms with Crippen LogP contribution in [0.4, 0.5) is 28.8 Å². The number of hydrogen-bond donors (Lipinski definition) is 2. The van der Waals surface area contributed by atoms with E-state index in [0.717, 1.165) is 69.3 Å². The number of nitrogens with zero attached hydrogens (tertiary/aromatic N) is 7. The molecule has 0 unspecified atom stereocenters. The first-order valence-electron chi connectivity index (χ1n) is 14.6. The lowest BCUT2D eigenvalue weighted by Crippen LogP contribution is -2.32. The summed E-state index contributed by atoms with van der Waals surface area (Å²) in [4.78, 5) is 21.2. The van der Waals surface area contributed by atoms with Gasteiger partial charge in [-0.05, 0) is 59.2 Å². The van der Waals surface area contributed by atoms with Crippen LogP contribution in [0.5, 0.6) is 5.75 Å². The minimum atomic E-state index is -0.465. The van der Waals surface area contributed by atoms with Crippen molar-refractivity contribution >= 4 is 53.1 Å². The van der Waals surface area contributed by atoms with Crippen LogP contribution in [0.1, 0.15) is 32.0 Å². The summed E-state index contributed by atoms with van der Waals surface area (Å²) in [7, 11) is 1.55. The molecule has 0 fully saturated rings. The number of aryl methyl sites for hydroxylation is 2. The number of rotatable bonds is 8. The zero-order chi connectivity index (χ0) is 30.2. The Morgan fingerprint density at radius 1 is 1.00 bits per heavy atom. The molecular formula is C32H38N9OP. The lowest BCUT2D eigenvalue weighted by atomic mass is 10.0. The Kier molecular flexibility index (Phi) is 7.88. The molecule has 0 amide bonds. The fourth-order valence-corrected chi connectivity index (χ4v) is 6.92. The van der Waals surface area contributed by atoms with Crippen molar-refractivity contribution in [1.29, 1.82) is 0 Å². The highest BCUT2D eigenvalue weighted by molar-refractivity contribution is 7.65. The molecule has 11 heteroatoms. The number of aromatic nitrogens is 6. The van der Waals surface area contributed by atoms with Gasteiger partial charge in [-0.3, -0.25) is 14.6 Å². The first-order chi connectivity index (χ1) is 20.7. The predicted octanol–water partition coefficient (Wildman–Crippen LogP) is 6.15. The van der Waals surface area contributed by atoms with Gasteiger partial charge in [-0.15, -0.1) is 0 Å². The zero-order valence-electron chi connectivity index (χ0n) is 25.8. The van der Waals surface area contributed by atoms with E-state index in [4.69, 9.17) is 9.72 Å². The second-order valence-electron chi connectivity index (χ2n) is 11.2. The van der Waals surface area contributed by atoms with Crippen molar-refractivity contribution in [3.05, 3.63) is 60.3 Å². The fourth-order valence-electron chi connectivity index (χ4n) is 5.71. The molecule has 0 radical (unpaired) electrons. The minimum absolute atomic E-state index is 0.335. The molecule has 5 aromatic rings. The van der Waals surface area contributed by atoms with E-state index in [0.29, 0.717) is 18.6 Å². The summed E-state index contributed by atoms with van der Waals surface area (Å²) in [6.45, 7) is 14.4. The minimum Gasteiger partial charge on any atom is -0.492 e. The first kappa shape index (κ1) is 28.8. The van der Waals surface area contributed by atoms with Gasteiger partial charge in [0.05, 0.1) is 29.5 Å². The summed E-state index contributed by atoms with van der Waals surface area (Å²) >= 11 is 0. The number of nitrogens with one attached hydrogen (secondary N) is 2. The third-order valence-electron chi connectivity index (χ3n) is 7.80. The third-order valence-corrected chi connectivity index (χ3v) is 9.15. The molecule has 0 bridgehead atoms. The fraction of sp³-hybridized carbons (Fsp3) is 0.344. The smallest absolute Gasteiger partial charge is 0.229 e. The van der Waals surface area contributed by atoms with E-state index in [2.05, 4.69) is 81.0 Å². The van der Waals surface area contributed by atoms with E-state index in [1.54, 1.807) is 12.4 Å². The Hall–Kier alpha value is -4.30. The van der Waals surface area contributed by atoms with Crippen LogP contribution in [0.2, 0.25) is 0 Å². The largest absolute Gasteiger partial charge is 0.492 e. The molecule has 4 heterocycles. The average molecular weight is 596 g/mol. The van der Waals surface area contributed by atoms with E-state index in [-0.39, 0.29) is 0 Å². The van der Waals surface area contributed by atoms with Crippen LogP contribution >= 0.6 is 7.92 Å². The quantitative estimate of drug-likeness (QED) is 0.204. The highest BCUT2D eigenvalue weighted by atomic mass is 31.1. The van der Waals surface area contributed by atoms with Gasteiger partial charge < -0.3 is 20.3 Å². The van der Waals surface area contributed by atoms with Crippen LogP contribution in [-0.2, 0) is 13.5 Å². The number of benzene rings is 2. The maximum absolute atomic E-state index is 6.18. The van der Waals surface area contributed by atoms with Gasteiger partial charge in [0.1, 0.15) is 11.6 Å². The van der Waals surface area contributed by atoms with Gasteiger partial charge in [0.2, 0.25) is 5.95 Å². The van der Waals surface area contributed by atoms with Crippen molar-refractivity contribution in [2.24, 2.45) is 7.05 Å². The van der Waals surface area contributed by atoms with E-state index in [1.165, 1.54) is 11.0 Å². The maximum atomic E-state index is 6.18. The standard InChI is InChI=1S/C32H38N9OP/c1-8-42-28-16-27-21(22-18-36-40(5)26(22)11-14-41(27)19(2)3)15-25(28)38-32-35-17-20(4)31(39-32)37-24-10-9-23-29(30(24)43(6)7)34-13-12-33-23/h9-10,12-13,15-19H,8,11,14H2,1-7H3,(H2,35,37,38,39). The van der Waals surface area contributed by atoms with Gasteiger partial charge in [0.15, 0.2) is 0 Å². The molecule has 0 saturated carbocycles. The molecular weight excluding hydrogens is 557 g/mol. The van der Waals surface area contributed by atoms with Gasteiger partial charge in [-0.25, -0.2) is 4.98 Å². The molecule has 43 heavy (non-hydrogen) atoms. The van der Waals surface area contributed by atoms with Crippen molar-refractivity contribution in [2.45, 2.75) is 40.2 Å². The number of ether oxygens (including phenoxy) is 1. The van der Waals surface area contributed by atoms with Crippen LogP contribution < -0.4 is 25.6 Å². The van der Waals surface area contributed by atoms with Crippen LogP contribution in [0.3, 0.4) is 0 Å². The molecule has 222 valence electrons. The van der Waals surface area contributed by atoms with Crippen LogP contribution in [0, 0.1) is 6.92 Å². The van der Waals surface area contributed by atoms with Gasteiger partial charge in [-0.1, -0.05) is 7.92 Å². The highest BCUT2D eigenvalue weighted by Gasteiger charge is 2.26. The average Bonchev–Trinajstić information content (AvgIpc) is 3.26. The molecule has 0 atom stereocenters. The molecule has 10 nitrogen and oxygen atoms in total. The lowest BCUT2D eigenvalue weighted by Gasteiger charge is -2.30. The van der Waals surface area contributed by atoms with E-state index in [1.807, 2.05) is 44.0 Å². The number of anilines is 5. The van der Waals surface area contributed by atoms with Crippen molar-refractivity contribution in [2.75, 3.05) is 42.0 Å². The Bertz CT molecular complexity index is 1800. The third kappa shape index (κ3) is 5.47. The number of hydrogen-bond acceptors (Lipinski definition) is 9. The van der Waals surface area contributed by atoms with Crippen molar-refractivity contribution < 1.29 is 4.74 Å². The first-order valence-corrected chi connectivity index (χ1v) is 16.9. The van der Waals surface area contributed by atoms with Crippen molar-refractivity contribution in [3.8, 4) is 16.9 Å². The predicted molar refractivity (Wildman–Crippen MR) is 177 cm³/mol. The van der Waals surface area contributed by atoms with Crippen molar-refractivity contribution in [3.63, 3.8) is 0 Å². The van der Waals surface area contributed by atoms with Crippen LogP contribution in [0.15, 0.2) is 49.1 Å². The second kappa shape index (κ2) is 11.8. The SMILES string of the molecule is CCOc1cc2c(cc1Nc1ncc(C)c(Nc3ccc4nccnc4c3P(C)C)n1)-c1cnn(C)c1CCN2C(C)C. The maximum Gasteiger partial charge on any atom is 0.229 e. The molecule has 1 aliphatic heterocycles. The number of fused-ring (bicyclic) bond motifs is 4. The van der Waals surface area contributed by atoms with E-state index >= 15 is 0 Å². The van der Waals surface area contributed by atoms with Crippen molar-refractivity contribution in [1.82, 2.24) is 29.7 Å². The highest BCUT2D eigenvalue weighted by Crippen LogP contribution is 2.44. The lowest BCUT2D eigenvalue weighted by molar-refractivity contribution is 0.342. The molecule has 3 aromatic heterocycles. The Labute approximate surface area is 253 Å². The summed E-state index contributed by atoms with van der Waals surface area (Å²) in [6.07, 6.45) is 8.20. The van der Waals surface area contributed by atoms with Crippen LogP contribution in [-0.4, -0.2) is 62.2 Å². The Balaban J connectivity index is 1.40. The van der Waals surface area contributed by atoms with Gasteiger partial charge in [0, 0.05) is 89.8 Å². The summed E-state index contributed by atoms with van der Waals surface area (Å²) < 4.78 is 8.16. The monoisotopic (exact) mass is 595 g/mol. The Morgan fingerprint density at radius 2 is 1.81 bits per heavy atom. The molecule has 0 aliphatic carbocycles. The summed E-state index contributed by atoms with van der Waals surface area (Å²) in [5.74, 6) is 1.97. The molecule has 0 spiro atoms. The molecule has 0 saturated heterocycles. The topological polar surface area (TPSA) is 106 Å². The molecule has 6 rings (SSSR count). The van der Waals surface area contributed by atoms with Gasteiger partial charge in [-0.2, -0.15) is 10.1 Å². The van der Waals surface area contributed by atoms with Crippen LogP contribution in [0.25, 0.3) is 22.2 Å². The normalized spacial score (nSPS) is 12.8. The van der Waals surface area contributed by atoms with Gasteiger partial charge in [0.25, 0.3) is 0 Å². The molecule has 1 aliphatic rings. The van der Waals surface area contributed by atoms with E-state index < -0.39 is 7.92 Å².